The van der Waals surface area contributed by atoms with Crippen LogP contribution in [-0.2, 0) is 19.8 Å². The van der Waals surface area contributed by atoms with Crippen LogP contribution in [0.2, 0.25) is 0 Å². The van der Waals surface area contributed by atoms with Gasteiger partial charge in [0.25, 0.3) is 0 Å². The second-order valence-electron chi connectivity index (χ2n) is 5.79. The molecule has 0 aliphatic heterocycles. The zero-order valence-corrected chi connectivity index (χ0v) is 14.2. The zero-order valence-electron chi connectivity index (χ0n) is 14.2. The van der Waals surface area contributed by atoms with Crippen LogP contribution in [0.25, 0.3) is 10.8 Å². The lowest BCUT2D eigenvalue weighted by Gasteiger charge is -2.10. The molecule has 0 aliphatic rings. The number of carbonyl (C=O) groups is 1. The summed E-state index contributed by atoms with van der Waals surface area (Å²) < 4.78 is 39.3. The predicted octanol–water partition coefficient (Wildman–Crippen LogP) is 2.58. The minimum absolute atomic E-state index is 0.0647. The number of hydrogen-bond acceptors (Lipinski definition) is 3. The Morgan fingerprint density at radius 2 is 1.85 bits per heavy atom. The Hall–Kier alpha value is -3.30. The third-order valence-corrected chi connectivity index (χ3v) is 3.94. The van der Waals surface area contributed by atoms with Crippen LogP contribution < -0.4 is 16.3 Å². The monoisotopic (exact) mass is 379 g/mol. The molecule has 0 saturated heterocycles. The van der Waals surface area contributed by atoms with E-state index in [2.05, 4.69) is 15.7 Å². The average Bonchev–Trinajstić information content (AvgIpc) is 2.91. The number of aromatic nitrogens is 3. The van der Waals surface area contributed by atoms with E-state index < -0.39 is 23.7 Å². The van der Waals surface area contributed by atoms with Gasteiger partial charge in [0.2, 0.25) is 5.82 Å². The van der Waals surface area contributed by atoms with E-state index in [1.54, 1.807) is 12.1 Å². The molecular weight excluding hydrogens is 363 g/mol. The first kappa shape index (κ1) is 18.5. The predicted molar refractivity (Wildman–Crippen MR) is 93.4 cm³/mol. The van der Waals surface area contributed by atoms with Gasteiger partial charge in [-0.3, -0.25) is 4.57 Å². The molecule has 27 heavy (non-hydrogen) atoms. The molecule has 2 aromatic carbocycles. The molecule has 1 aromatic heterocycles. The van der Waals surface area contributed by atoms with E-state index in [0.29, 0.717) is 14.9 Å². The van der Waals surface area contributed by atoms with E-state index >= 15 is 0 Å². The zero-order chi connectivity index (χ0) is 19.6. The summed E-state index contributed by atoms with van der Waals surface area (Å²) in [6, 6.07) is 12.4. The summed E-state index contributed by atoms with van der Waals surface area (Å²) >= 11 is 0. The minimum Gasteiger partial charge on any atom is -0.336 e. The average molecular weight is 379 g/mol. The summed E-state index contributed by atoms with van der Waals surface area (Å²) in [5, 5.41) is 10.3. The lowest BCUT2D eigenvalue weighted by Crippen LogP contribution is -2.34. The van der Waals surface area contributed by atoms with E-state index in [4.69, 9.17) is 0 Å². The first-order valence-corrected chi connectivity index (χ1v) is 8.01. The summed E-state index contributed by atoms with van der Waals surface area (Å²) in [5.74, 6) is -1.28. The van der Waals surface area contributed by atoms with Crippen molar-refractivity contribution in [2.45, 2.75) is 12.7 Å². The van der Waals surface area contributed by atoms with Gasteiger partial charge in [0.05, 0.1) is 12.2 Å². The van der Waals surface area contributed by atoms with Crippen molar-refractivity contribution in [2.24, 2.45) is 7.05 Å². The van der Waals surface area contributed by atoms with E-state index in [-0.39, 0.29) is 13.1 Å². The number of anilines is 1. The van der Waals surface area contributed by atoms with E-state index in [1.807, 2.05) is 30.3 Å². The standard InChI is InChI=1S/C17H16F3N5O2/c1-24-14(17(18,19)20)23-25(16(24)27)10-9-21-15(26)22-13-8-4-6-11-5-2-3-7-12(11)13/h2-8H,9-10H2,1H3,(H2,21,22,26). The summed E-state index contributed by atoms with van der Waals surface area (Å²) in [4.78, 5) is 23.8. The van der Waals surface area contributed by atoms with Gasteiger partial charge in [0.15, 0.2) is 0 Å². The third kappa shape index (κ3) is 3.94. The lowest BCUT2D eigenvalue weighted by molar-refractivity contribution is -0.147. The van der Waals surface area contributed by atoms with Crippen LogP contribution in [0.4, 0.5) is 23.7 Å². The van der Waals surface area contributed by atoms with Crippen LogP contribution in [-0.4, -0.2) is 26.9 Å². The van der Waals surface area contributed by atoms with Gasteiger partial charge in [-0.2, -0.15) is 13.2 Å². The van der Waals surface area contributed by atoms with Gasteiger partial charge >= 0.3 is 17.9 Å². The maximum Gasteiger partial charge on any atom is 0.451 e. The van der Waals surface area contributed by atoms with Crippen molar-refractivity contribution in [1.29, 1.82) is 0 Å². The Labute approximate surface area is 151 Å². The van der Waals surface area contributed by atoms with Crippen molar-refractivity contribution in [3.8, 4) is 0 Å². The van der Waals surface area contributed by atoms with Crippen LogP contribution >= 0.6 is 0 Å². The fourth-order valence-corrected chi connectivity index (χ4v) is 2.66. The second-order valence-corrected chi connectivity index (χ2v) is 5.79. The number of halogens is 3. The Balaban J connectivity index is 1.63. The Kier molecular flexibility index (Phi) is 4.89. The quantitative estimate of drug-likeness (QED) is 0.731. The SMILES string of the molecule is Cn1c(C(F)(F)F)nn(CCNC(=O)Nc2cccc3ccccc23)c1=O. The molecule has 0 saturated carbocycles. The second kappa shape index (κ2) is 7.14. The number of alkyl halides is 3. The highest BCUT2D eigenvalue weighted by atomic mass is 19.4. The smallest absolute Gasteiger partial charge is 0.336 e. The number of carbonyl (C=O) groups excluding carboxylic acids is 1. The molecule has 0 unspecified atom stereocenters. The molecule has 0 bridgehead atoms. The maximum absolute atomic E-state index is 12.7. The number of rotatable bonds is 4. The number of nitrogens with zero attached hydrogens (tertiary/aromatic N) is 3. The molecule has 0 spiro atoms. The molecule has 0 atom stereocenters. The summed E-state index contributed by atoms with van der Waals surface area (Å²) in [6.45, 7) is -0.253. The number of nitrogens with one attached hydrogen (secondary N) is 2. The highest BCUT2D eigenvalue weighted by Crippen LogP contribution is 2.26. The van der Waals surface area contributed by atoms with Crippen molar-refractivity contribution in [3.63, 3.8) is 0 Å². The van der Waals surface area contributed by atoms with Gasteiger partial charge in [0.1, 0.15) is 0 Å². The molecule has 7 nitrogen and oxygen atoms in total. The van der Waals surface area contributed by atoms with Crippen molar-refractivity contribution in [2.75, 3.05) is 11.9 Å². The minimum atomic E-state index is -4.72. The summed E-state index contributed by atoms with van der Waals surface area (Å²) in [5.41, 5.74) is -0.307. The molecule has 3 aromatic rings. The molecule has 3 rings (SSSR count). The van der Waals surface area contributed by atoms with Crippen molar-refractivity contribution in [1.82, 2.24) is 19.7 Å². The van der Waals surface area contributed by atoms with Crippen LogP contribution in [0.1, 0.15) is 5.82 Å². The molecule has 1 heterocycles. The first-order chi connectivity index (χ1) is 12.8. The van der Waals surface area contributed by atoms with E-state index in [1.165, 1.54) is 0 Å². The Bertz CT molecular complexity index is 1030. The first-order valence-electron chi connectivity index (χ1n) is 8.01. The van der Waals surface area contributed by atoms with Gasteiger partial charge in [-0.05, 0) is 11.5 Å². The number of urea groups is 1. The van der Waals surface area contributed by atoms with Gasteiger partial charge in [-0.1, -0.05) is 36.4 Å². The third-order valence-electron chi connectivity index (χ3n) is 3.94. The van der Waals surface area contributed by atoms with Gasteiger partial charge < -0.3 is 10.6 Å². The number of amides is 2. The van der Waals surface area contributed by atoms with Crippen LogP contribution in [0, 0.1) is 0 Å². The molecule has 142 valence electrons. The number of benzene rings is 2. The summed E-state index contributed by atoms with van der Waals surface area (Å²) in [6.07, 6.45) is -4.72. The highest BCUT2D eigenvalue weighted by Gasteiger charge is 2.37. The Morgan fingerprint density at radius 1 is 1.15 bits per heavy atom. The van der Waals surface area contributed by atoms with Crippen molar-refractivity contribution >= 4 is 22.5 Å². The van der Waals surface area contributed by atoms with E-state index in [0.717, 1.165) is 17.8 Å². The number of fused-ring (bicyclic) bond motifs is 1. The fourth-order valence-electron chi connectivity index (χ4n) is 2.66. The maximum atomic E-state index is 12.7. The molecule has 0 aliphatic carbocycles. The van der Waals surface area contributed by atoms with Crippen molar-refractivity contribution < 1.29 is 18.0 Å². The molecular formula is C17H16F3N5O2. The van der Waals surface area contributed by atoms with Gasteiger partial charge in [0, 0.05) is 19.0 Å². The number of hydrogen-bond donors (Lipinski definition) is 2. The van der Waals surface area contributed by atoms with Crippen molar-refractivity contribution in [3.05, 3.63) is 58.8 Å². The molecule has 0 radical (unpaired) electrons. The summed E-state index contributed by atoms with van der Waals surface area (Å²) in [7, 11) is 0.995. The molecule has 2 N–H and O–H groups in total. The van der Waals surface area contributed by atoms with Crippen LogP contribution in [0.3, 0.4) is 0 Å². The molecule has 2 amide bonds. The van der Waals surface area contributed by atoms with Crippen LogP contribution in [0.15, 0.2) is 47.3 Å². The largest absolute Gasteiger partial charge is 0.451 e. The lowest BCUT2D eigenvalue weighted by atomic mass is 10.1. The Morgan fingerprint density at radius 3 is 2.56 bits per heavy atom. The highest BCUT2D eigenvalue weighted by molar-refractivity contribution is 6.01. The normalized spacial score (nSPS) is 11.6. The molecule has 0 fully saturated rings. The topological polar surface area (TPSA) is 81.0 Å². The van der Waals surface area contributed by atoms with E-state index in [9.17, 15) is 22.8 Å². The fraction of sp³-hybridized carbons (Fsp3) is 0.235. The molecule has 10 heteroatoms. The van der Waals surface area contributed by atoms with Crippen LogP contribution in [0.5, 0.6) is 0 Å². The van der Waals surface area contributed by atoms with Gasteiger partial charge in [-0.15, -0.1) is 5.10 Å². The van der Waals surface area contributed by atoms with Gasteiger partial charge in [-0.25, -0.2) is 14.3 Å².